The van der Waals surface area contributed by atoms with Crippen LogP contribution in [0.4, 0.5) is 4.79 Å². The molecule has 4 heteroatoms. The van der Waals surface area contributed by atoms with Crippen LogP contribution in [0, 0.1) is 5.41 Å². The molecule has 0 aromatic rings. The summed E-state index contributed by atoms with van der Waals surface area (Å²) in [5.41, 5.74) is -0.100. The van der Waals surface area contributed by atoms with E-state index in [-0.39, 0.29) is 6.09 Å². The highest BCUT2D eigenvalue weighted by Crippen LogP contribution is 2.53. The number of rotatable bonds is 1. The standard InChI is InChI=1S/C12H21NO3/c1-11(2,3)16-10(14)13-9-8-12(9)4-6-15-7-5-12/h9H,4-8H2,1-3H3,(H,13,14)/t9-/m0/s1. The first-order valence-corrected chi connectivity index (χ1v) is 5.99. The summed E-state index contributed by atoms with van der Waals surface area (Å²) in [5.74, 6) is 0. The van der Waals surface area contributed by atoms with Gasteiger partial charge in [-0.15, -0.1) is 0 Å². The zero-order valence-electron chi connectivity index (χ0n) is 10.3. The maximum absolute atomic E-state index is 11.6. The van der Waals surface area contributed by atoms with Crippen LogP contribution in [0.5, 0.6) is 0 Å². The van der Waals surface area contributed by atoms with E-state index in [1.807, 2.05) is 20.8 Å². The van der Waals surface area contributed by atoms with Crippen LogP contribution in [0.2, 0.25) is 0 Å². The van der Waals surface area contributed by atoms with E-state index in [1.165, 1.54) is 0 Å². The fourth-order valence-electron chi connectivity index (χ4n) is 2.33. The third-order valence-corrected chi connectivity index (χ3v) is 3.37. The Hall–Kier alpha value is -0.770. The molecule has 1 amide bonds. The average Bonchev–Trinajstić information content (AvgIpc) is 2.75. The molecule has 2 aliphatic rings. The topological polar surface area (TPSA) is 47.6 Å². The van der Waals surface area contributed by atoms with Crippen LogP contribution in [-0.2, 0) is 9.47 Å². The van der Waals surface area contributed by atoms with Gasteiger partial charge in [0.05, 0.1) is 0 Å². The number of nitrogens with one attached hydrogen (secondary N) is 1. The predicted molar refractivity (Wildman–Crippen MR) is 60.3 cm³/mol. The minimum absolute atomic E-state index is 0.291. The lowest BCUT2D eigenvalue weighted by molar-refractivity contribution is 0.0427. The molecule has 0 aromatic carbocycles. The molecule has 1 N–H and O–H groups in total. The molecule has 92 valence electrons. The average molecular weight is 227 g/mol. The lowest BCUT2D eigenvalue weighted by atomic mass is 9.96. The molecule has 0 bridgehead atoms. The monoisotopic (exact) mass is 227 g/mol. The SMILES string of the molecule is CC(C)(C)OC(=O)N[C@H]1CC12CCOCC2. The quantitative estimate of drug-likeness (QED) is 0.746. The Kier molecular flexibility index (Phi) is 2.86. The number of alkyl carbamates (subject to hydrolysis) is 1. The van der Waals surface area contributed by atoms with Crippen LogP contribution in [0.25, 0.3) is 0 Å². The van der Waals surface area contributed by atoms with Crippen molar-refractivity contribution >= 4 is 6.09 Å². The summed E-state index contributed by atoms with van der Waals surface area (Å²) in [6.45, 7) is 7.29. The van der Waals surface area contributed by atoms with Gasteiger partial charge in [0.25, 0.3) is 0 Å². The fourth-order valence-corrected chi connectivity index (χ4v) is 2.33. The minimum atomic E-state index is -0.415. The molecular weight excluding hydrogens is 206 g/mol. The van der Waals surface area contributed by atoms with Gasteiger partial charge in [0, 0.05) is 19.3 Å². The van der Waals surface area contributed by atoms with E-state index in [1.54, 1.807) is 0 Å². The van der Waals surface area contributed by atoms with Crippen molar-refractivity contribution < 1.29 is 14.3 Å². The second kappa shape index (κ2) is 3.91. The van der Waals surface area contributed by atoms with Crippen molar-refractivity contribution in [3.05, 3.63) is 0 Å². The summed E-state index contributed by atoms with van der Waals surface area (Å²) in [5, 5.41) is 2.95. The van der Waals surface area contributed by atoms with Crippen molar-refractivity contribution in [1.29, 1.82) is 0 Å². The maximum Gasteiger partial charge on any atom is 0.407 e. The molecule has 1 atom stereocenters. The van der Waals surface area contributed by atoms with Gasteiger partial charge in [-0.1, -0.05) is 0 Å². The van der Waals surface area contributed by atoms with Gasteiger partial charge < -0.3 is 14.8 Å². The Morgan fingerprint density at radius 3 is 2.56 bits per heavy atom. The maximum atomic E-state index is 11.6. The number of carbonyl (C=O) groups excluding carboxylic acids is 1. The largest absolute Gasteiger partial charge is 0.444 e. The van der Waals surface area contributed by atoms with E-state index in [0.717, 1.165) is 32.5 Å². The van der Waals surface area contributed by atoms with Crippen molar-refractivity contribution in [3.63, 3.8) is 0 Å². The number of hydrogen-bond donors (Lipinski definition) is 1. The molecule has 0 radical (unpaired) electrons. The van der Waals surface area contributed by atoms with Crippen LogP contribution < -0.4 is 5.32 Å². The molecule has 0 aromatic heterocycles. The predicted octanol–water partition coefficient (Wildman–Crippen LogP) is 2.08. The van der Waals surface area contributed by atoms with E-state index < -0.39 is 5.60 Å². The second-order valence-electron chi connectivity index (χ2n) is 5.88. The first-order valence-electron chi connectivity index (χ1n) is 5.99. The van der Waals surface area contributed by atoms with E-state index in [4.69, 9.17) is 9.47 Å². The Labute approximate surface area is 96.7 Å². The number of amides is 1. The van der Waals surface area contributed by atoms with E-state index >= 15 is 0 Å². The van der Waals surface area contributed by atoms with Crippen LogP contribution in [0.3, 0.4) is 0 Å². The number of carbonyl (C=O) groups is 1. The Morgan fingerprint density at radius 1 is 1.38 bits per heavy atom. The molecule has 0 unspecified atom stereocenters. The van der Waals surface area contributed by atoms with Gasteiger partial charge in [0.1, 0.15) is 5.60 Å². The fraction of sp³-hybridized carbons (Fsp3) is 0.917. The molecular formula is C12H21NO3. The van der Waals surface area contributed by atoms with Gasteiger partial charge in [0.15, 0.2) is 0 Å². The third-order valence-electron chi connectivity index (χ3n) is 3.37. The summed E-state index contributed by atoms with van der Waals surface area (Å²) in [4.78, 5) is 11.6. The minimum Gasteiger partial charge on any atom is -0.444 e. The lowest BCUT2D eigenvalue weighted by Crippen LogP contribution is -2.36. The van der Waals surface area contributed by atoms with Crippen molar-refractivity contribution in [2.24, 2.45) is 5.41 Å². The Balaban J connectivity index is 1.78. The zero-order valence-corrected chi connectivity index (χ0v) is 10.3. The van der Waals surface area contributed by atoms with E-state index in [2.05, 4.69) is 5.32 Å². The molecule has 2 fully saturated rings. The first-order chi connectivity index (χ1) is 7.41. The van der Waals surface area contributed by atoms with Crippen LogP contribution >= 0.6 is 0 Å². The first kappa shape index (κ1) is 11.7. The molecule has 16 heavy (non-hydrogen) atoms. The number of hydrogen-bond acceptors (Lipinski definition) is 3. The summed E-state index contributed by atoms with van der Waals surface area (Å²) < 4.78 is 10.6. The molecule has 1 aliphatic heterocycles. The van der Waals surface area contributed by atoms with Crippen molar-refractivity contribution in [2.45, 2.75) is 51.7 Å². The smallest absolute Gasteiger partial charge is 0.407 e. The third kappa shape index (κ3) is 2.67. The molecule has 1 spiro atoms. The summed E-state index contributed by atoms with van der Waals surface area (Å²) >= 11 is 0. The van der Waals surface area contributed by atoms with Crippen molar-refractivity contribution in [1.82, 2.24) is 5.32 Å². The van der Waals surface area contributed by atoms with Gasteiger partial charge in [-0.3, -0.25) is 0 Å². The van der Waals surface area contributed by atoms with Crippen molar-refractivity contribution in [2.75, 3.05) is 13.2 Å². The normalized spacial score (nSPS) is 27.6. The molecule has 1 heterocycles. The van der Waals surface area contributed by atoms with Crippen LogP contribution in [-0.4, -0.2) is 30.9 Å². The van der Waals surface area contributed by atoms with Gasteiger partial charge in [-0.2, -0.15) is 0 Å². The summed E-state index contributed by atoms with van der Waals surface area (Å²) in [7, 11) is 0. The summed E-state index contributed by atoms with van der Waals surface area (Å²) in [6.07, 6.45) is 2.91. The molecule has 1 aliphatic carbocycles. The molecule has 1 saturated heterocycles. The Morgan fingerprint density at radius 2 is 2.00 bits per heavy atom. The lowest BCUT2D eigenvalue weighted by Gasteiger charge is -2.24. The van der Waals surface area contributed by atoms with Crippen LogP contribution in [0.1, 0.15) is 40.0 Å². The highest BCUT2D eigenvalue weighted by atomic mass is 16.6. The van der Waals surface area contributed by atoms with E-state index in [9.17, 15) is 4.79 Å². The second-order valence-corrected chi connectivity index (χ2v) is 5.88. The Bertz CT molecular complexity index is 276. The van der Waals surface area contributed by atoms with Crippen LogP contribution in [0.15, 0.2) is 0 Å². The highest BCUT2D eigenvalue weighted by molar-refractivity contribution is 5.68. The van der Waals surface area contributed by atoms with Gasteiger partial charge in [-0.25, -0.2) is 4.79 Å². The molecule has 4 nitrogen and oxygen atoms in total. The zero-order chi connectivity index (χ0) is 11.8. The van der Waals surface area contributed by atoms with Gasteiger partial charge in [-0.05, 0) is 45.4 Å². The molecule has 2 rings (SSSR count). The highest BCUT2D eigenvalue weighted by Gasteiger charge is 2.55. The van der Waals surface area contributed by atoms with Gasteiger partial charge >= 0.3 is 6.09 Å². The number of ether oxygens (including phenoxy) is 2. The van der Waals surface area contributed by atoms with E-state index in [0.29, 0.717) is 11.5 Å². The summed E-state index contributed by atoms with van der Waals surface area (Å²) in [6, 6.07) is 0.297. The molecule has 1 saturated carbocycles. The van der Waals surface area contributed by atoms with Crippen molar-refractivity contribution in [3.8, 4) is 0 Å². The van der Waals surface area contributed by atoms with Gasteiger partial charge in [0.2, 0.25) is 0 Å².